The second-order valence-electron chi connectivity index (χ2n) is 9.04. The number of nitrogens with one attached hydrogen (secondary N) is 1. The van der Waals surface area contributed by atoms with Gasteiger partial charge in [0.15, 0.2) is 0 Å². The number of hydrogen-bond acceptors (Lipinski definition) is 4. The predicted octanol–water partition coefficient (Wildman–Crippen LogP) is 4.37. The molecule has 0 atom stereocenters. The van der Waals surface area contributed by atoms with E-state index in [9.17, 15) is 22.0 Å². The number of halogens is 2. The van der Waals surface area contributed by atoms with Crippen molar-refractivity contribution in [1.29, 1.82) is 0 Å². The van der Waals surface area contributed by atoms with E-state index in [0.717, 1.165) is 31.5 Å². The Labute approximate surface area is 200 Å². The van der Waals surface area contributed by atoms with Gasteiger partial charge in [0.1, 0.15) is 11.5 Å². The van der Waals surface area contributed by atoms with Crippen LogP contribution in [0.1, 0.15) is 49.3 Å². The van der Waals surface area contributed by atoms with E-state index in [1.165, 1.54) is 18.2 Å². The zero-order valence-corrected chi connectivity index (χ0v) is 20.4. The monoisotopic (exact) mass is 494 g/mol. The Hall–Kier alpha value is -2.36. The van der Waals surface area contributed by atoms with Crippen LogP contribution < -0.4 is 5.32 Å². The zero-order valence-electron chi connectivity index (χ0n) is 19.6. The Morgan fingerprint density at radius 2 is 1.76 bits per heavy atom. The van der Waals surface area contributed by atoms with E-state index >= 15 is 0 Å². The summed E-state index contributed by atoms with van der Waals surface area (Å²) < 4.78 is 58.7. The summed E-state index contributed by atoms with van der Waals surface area (Å²) in [5.41, 5.74) is 0.375. The molecule has 6 nitrogen and oxygen atoms in total. The van der Waals surface area contributed by atoms with E-state index in [0.29, 0.717) is 24.2 Å². The molecule has 186 valence electrons. The fourth-order valence-electron chi connectivity index (χ4n) is 4.31. The van der Waals surface area contributed by atoms with Crippen molar-refractivity contribution in [3.05, 3.63) is 65.0 Å². The lowest BCUT2D eigenvalue weighted by molar-refractivity contribution is -0.134. The SMILES string of the molecule is CCNC(=O)[C@H]1C[C@](F)(c2ccc(CN3CCCC3)c(F)c2)C1.Cc1ccc(S(=O)(=O)O)cc1. The summed E-state index contributed by atoms with van der Waals surface area (Å²) in [5.74, 6) is -0.743. The fraction of sp³-hybridized carbons (Fsp3) is 0.480. The molecule has 1 saturated heterocycles. The van der Waals surface area contributed by atoms with Gasteiger partial charge in [0.2, 0.25) is 5.91 Å². The first-order chi connectivity index (χ1) is 16.0. The van der Waals surface area contributed by atoms with E-state index in [-0.39, 0.29) is 35.4 Å². The molecular weight excluding hydrogens is 462 g/mol. The summed E-state index contributed by atoms with van der Waals surface area (Å²) in [6.45, 7) is 6.83. The Kier molecular flexibility index (Phi) is 8.43. The number of carbonyl (C=O) groups is 1. The highest BCUT2D eigenvalue weighted by Gasteiger charge is 2.49. The van der Waals surface area contributed by atoms with Crippen LogP contribution in [0.25, 0.3) is 0 Å². The lowest BCUT2D eigenvalue weighted by atomic mass is 9.68. The minimum atomic E-state index is -4.02. The molecule has 1 saturated carbocycles. The molecule has 0 aromatic heterocycles. The maximum Gasteiger partial charge on any atom is 0.294 e. The number of alkyl halides is 1. The molecule has 0 radical (unpaired) electrons. The molecule has 2 fully saturated rings. The second-order valence-corrected chi connectivity index (χ2v) is 10.5. The van der Waals surface area contributed by atoms with Gasteiger partial charge in [-0.2, -0.15) is 8.42 Å². The number of nitrogens with zero attached hydrogens (tertiary/aromatic N) is 1. The largest absolute Gasteiger partial charge is 0.356 e. The topological polar surface area (TPSA) is 86.7 Å². The molecular formula is C25H32F2N2O4S. The predicted molar refractivity (Wildman–Crippen MR) is 126 cm³/mol. The average Bonchev–Trinajstić information content (AvgIpc) is 3.26. The number of benzene rings is 2. The molecule has 2 aromatic rings. The maximum absolute atomic E-state index is 14.8. The molecule has 1 aliphatic heterocycles. The molecule has 2 N–H and O–H groups in total. The van der Waals surface area contributed by atoms with Crippen LogP contribution >= 0.6 is 0 Å². The highest BCUT2D eigenvalue weighted by Crippen LogP contribution is 2.49. The number of carbonyl (C=O) groups excluding carboxylic acids is 1. The van der Waals surface area contributed by atoms with E-state index in [4.69, 9.17) is 4.55 Å². The van der Waals surface area contributed by atoms with Crippen molar-refractivity contribution in [3.8, 4) is 0 Å². The number of likely N-dealkylation sites (tertiary alicyclic amines) is 1. The number of aryl methyl sites for hydroxylation is 1. The van der Waals surface area contributed by atoms with Crippen molar-refractivity contribution >= 4 is 16.0 Å². The van der Waals surface area contributed by atoms with Gasteiger partial charge in [-0.25, -0.2) is 8.78 Å². The molecule has 2 aliphatic rings. The molecule has 34 heavy (non-hydrogen) atoms. The first kappa shape index (κ1) is 26.2. The Bertz CT molecular complexity index is 1090. The summed E-state index contributed by atoms with van der Waals surface area (Å²) in [7, 11) is -4.02. The van der Waals surface area contributed by atoms with Crippen LogP contribution in [0.5, 0.6) is 0 Å². The van der Waals surface area contributed by atoms with Crippen molar-refractivity contribution in [3.63, 3.8) is 0 Å². The highest BCUT2D eigenvalue weighted by atomic mass is 32.2. The van der Waals surface area contributed by atoms with Crippen molar-refractivity contribution in [1.82, 2.24) is 10.2 Å². The van der Waals surface area contributed by atoms with Gasteiger partial charge in [0.05, 0.1) is 4.90 Å². The van der Waals surface area contributed by atoms with Crippen LogP contribution in [-0.4, -0.2) is 43.4 Å². The van der Waals surface area contributed by atoms with Crippen LogP contribution in [-0.2, 0) is 27.1 Å². The van der Waals surface area contributed by atoms with Crippen molar-refractivity contribution in [2.75, 3.05) is 19.6 Å². The average molecular weight is 495 g/mol. The summed E-state index contributed by atoms with van der Waals surface area (Å²) in [4.78, 5) is 13.9. The van der Waals surface area contributed by atoms with Gasteiger partial charge in [-0.05, 0) is 76.4 Å². The van der Waals surface area contributed by atoms with Gasteiger partial charge in [-0.1, -0.05) is 29.8 Å². The Morgan fingerprint density at radius 1 is 1.15 bits per heavy atom. The third kappa shape index (κ3) is 6.61. The standard InChI is InChI=1S/C18H24F2N2O.C7H8O3S/c1-2-21-17(23)14-10-18(20,11-14)15-6-5-13(16(19)9-15)12-22-7-3-4-8-22;1-6-2-4-7(5-3-6)11(8,9)10/h5-6,9,14H,2-4,7-8,10-12H2,1H3,(H,21,23);2-5H,1H3,(H,8,9,10)/t14-,18+;. The molecule has 9 heteroatoms. The number of amides is 1. The van der Waals surface area contributed by atoms with Gasteiger partial charge in [-0.15, -0.1) is 0 Å². The third-order valence-electron chi connectivity index (χ3n) is 6.34. The van der Waals surface area contributed by atoms with Crippen LogP contribution in [0.4, 0.5) is 8.78 Å². The molecule has 1 amide bonds. The van der Waals surface area contributed by atoms with Gasteiger partial charge in [0.25, 0.3) is 10.1 Å². The molecule has 2 aromatic carbocycles. The third-order valence-corrected chi connectivity index (χ3v) is 7.21. The van der Waals surface area contributed by atoms with Crippen LogP contribution in [0, 0.1) is 18.7 Å². The Balaban J connectivity index is 0.000000248. The van der Waals surface area contributed by atoms with E-state index in [1.54, 1.807) is 24.3 Å². The molecule has 1 aliphatic carbocycles. The fourth-order valence-corrected chi connectivity index (χ4v) is 4.79. The summed E-state index contributed by atoms with van der Waals surface area (Å²) in [5, 5.41) is 2.71. The second kappa shape index (κ2) is 10.9. The first-order valence-corrected chi connectivity index (χ1v) is 13.0. The number of hydrogen-bond donors (Lipinski definition) is 2. The molecule has 0 spiro atoms. The van der Waals surface area contributed by atoms with Crippen molar-refractivity contribution in [2.45, 2.75) is 56.6 Å². The van der Waals surface area contributed by atoms with Crippen LogP contribution in [0.2, 0.25) is 0 Å². The minimum absolute atomic E-state index is 0.0666. The molecule has 1 heterocycles. The van der Waals surface area contributed by atoms with Gasteiger partial charge >= 0.3 is 0 Å². The maximum atomic E-state index is 14.8. The van der Waals surface area contributed by atoms with E-state index in [2.05, 4.69) is 10.2 Å². The van der Waals surface area contributed by atoms with Gasteiger partial charge in [-0.3, -0.25) is 14.2 Å². The van der Waals surface area contributed by atoms with E-state index < -0.39 is 15.8 Å². The summed E-state index contributed by atoms with van der Waals surface area (Å²) in [6.07, 6.45) is 2.61. The summed E-state index contributed by atoms with van der Waals surface area (Å²) >= 11 is 0. The molecule has 0 bridgehead atoms. The van der Waals surface area contributed by atoms with Crippen molar-refractivity contribution in [2.24, 2.45) is 5.92 Å². The first-order valence-electron chi connectivity index (χ1n) is 11.5. The summed E-state index contributed by atoms with van der Waals surface area (Å²) in [6, 6.07) is 10.7. The highest BCUT2D eigenvalue weighted by molar-refractivity contribution is 7.85. The smallest absolute Gasteiger partial charge is 0.294 e. The Morgan fingerprint density at radius 3 is 2.29 bits per heavy atom. The lowest BCUT2D eigenvalue weighted by Crippen LogP contribution is -2.45. The number of rotatable bonds is 6. The van der Waals surface area contributed by atoms with Crippen LogP contribution in [0.3, 0.4) is 0 Å². The molecule has 4 rings (SSSR count). The van der Waals surface area contributed by atoms with Gasteiger partial charge in [0, 0.05) is 24.6 Å². The zero-order chi connectivity index (χ0) is 24.9. The quantitative estimate of drug-likeness (QED) is 0.583. The minimum Gasteiger partial charge on any atom is -0.356 e. The van der Waals surface area contributed by atoms with Crippen molar-refractivity contribution < 1.29 is 26.5 Å². The normalized spacial score (nSPS) is 22.4. The molecule has 0 unspecified atom stereocenters. The van der Waals surface area contributed by atoms with Crippen LogP contribution in [0.15, 0.2) is 47.4 Å². The van der Waals surface area contributed by atoms with Gasteiger partial charge < -0.3 is 5.32 Å². The lowest BCUT2D eigenvalue weighted by Gasteiger charge is -2.40. The van der Waals surface area contributed by atoms with E-state index in [1.807, 2.05) is 13.8 Å².